The molecule has 0 saturated carbocycles. The maximum absolute atomic E-state index is 6.33. The highest BCUT2D eigenvalue weighted by Gasteiger charge is 2.37. The first-order valence-electron chi connectivity index (χ1n) is 10.0. The zero-order valence-electron chi connectivity index (χ0n) is 18.5. The Morgan fingerprint density at radius 1 is 0.786 bits per heavy atom. The Morgan fingerprint density at radius 2 is 1.43 bits per heavy atom. The van der Waals surface area contributed by atoms with Crippen LogP contribution in [0.25, 0.3) is 0 Å². The summed E-state index contributed by atoms with van der Waals surface area (Å²) < 4.78 is 18.4. The number of hydrogen-bond donors (Lipinski definition) is 0. The van der Waals surface area contributed by atoms with Gasteiger partial charge in [0.2, 0.25) is 0 Å². The van der Waals surface area contributed by atoms with Crippen molar-refractivity contribution in [3.05, 3.63) is 65.7 Å². The summed E-state index contributed by atoms with van der Waals surface area (Å²) in [7, 11) is -1.76. The largest absolute Gasteiger partial charge is 0.491 e. The third kappa shape index (κ3) is 7.08. The first kappa shape index (κ1) is 22.7. The van der Waals surface area contributed by atoms with E-state index in [1.54, 1.807) is 0 Å². The number of hydrogen-bond acceptors (Lipinski definition) is 3. The van der Waals surface area contributed by atoms with Crippen molar-refractivity contribution in [3.8, 4) is 5.75 Å². The zero-order valence-corrected chi connectivity index (χ0v) is 19.5. The van der Waals surface area contributed by atoms with E-state index in [0.29, 0.717) is 19.8 Å². The Balaban J connectivity index is 1.88. The zero-order chi connectivity index (χ0) is 20.8. The van der Waals surface area contributed by atoms with Crippen molar-refractivity contribution in [2.24, 2.45) is 0 Å². The molecule has 0 N–H and O–H groups in total. The summed E-state index contributed by atoms with van der Waals surface area (Å²) in [4.78, 5) is 0. The lowest BCUT2D eigenvalue weighted by atomic mass is 10.1. The van der Waals surface area contributed by atoms with Gasteiger partial charge in [-0.05, 0) is 55.2 Å². The highest BCUT2D eigenvalue weighted by Crippen LogP contribution is 2.37. The van der Waals surface area contributed by atoms with Crippen molar-refractivity contribution in [2.45, 2.75) is 71.6 Å². The molecule has 0 heterocycles. The third-order valence-electron chi connectivity index (χ3n) is 5.36. The van der Waals surface area contributed by atoms with Gasteiger partial charge in [-0.3, -0.25) is 0 Å². The molecule has 0 spiro atoms. The standard InChI is InChI=1S/C24H36O3Si/c1-23(2,3)28(6,7)27-18-21-14-11-15-22(16-21)25-19-24(4,5)26-17-20-12-9-8-10-13-20/h8-16H,17-19H2,1-7H3. The van der Waals surface area contributed by atoms with Gasteiger partial charge < -0.3 is 13.9 Å². The Labute approximate surface area is 172 Å². The summed E-state index contributed by atoms with van der Waals surface area (Å²) in [6.07, 6.45) is 0. The van der Waals surface area contributed by atoms with Crippen LogP contribution in [0, 0.1) is 0 Å². The maximum atomic E-state index is 6.33. The summed E-state index contributed by atoms with van der Waals surface area (Å²) in [5, 5.41) is 0.210. The molecule has 0 aliphatic carbocycles. The normalized spacial score (nSPS) is 12.8. The van der Waals surface area contributed by atoms with E-state index < -0.39 is 8.32 Å². The van der Waals surface area contributed by atoms with E-state index in [4.69, 9.17) is 13.9 Å². The Hall–Kier alpha value is -1.62. The van der Waals surface area contributed by atoms with E-state index in [1.807, 2.05) is 30.3 Å². The van der Waals surface area contributed by atoms with Crippen molar-refractivity contribution in [1.29, 1.82) is 0 Å². The van der Waals surface area contributed by atoms with Crippen LogP contribution in [0.4, 0.5) is 0 Å². The van der Waals surface area contributed by atoms with E-state index in [0.717, 1.165) is 11.3 Å². The maximum Gasteiger partial charge on any atom is 0.192 e. The quantitative estimate of drug-likeness (QED) is 0.445. The molecule has 0 aliphatic rings. The fourth-order valence-electron chi connectivity index (χ4n) is 2.36. The van der Waals surface area contributed by atoms with Crippen molar-refractivity contribution < 1.29 is 13.9 Å². The van der Waals surface area contributed by atoms with Crippen molar-refractivity contribution in [3.63, 3.8) is 0 Å². The van der Waals surface area contributed by atoms with E-state index >= 15 is 0 Å². The molecule has 0 amide bonds. The van der Waals surface area contributed by atoms with Crippen LogP contribution < -0.4 is 4.74 Å². The van der Waals surface area contributed by atoms with Gasteiger partial charge in [-0.2, -0.15) is 0 Å². The van der Waals surface area contributed by atoms with Crippen LogP contribution in [-0.2, 0) is 22.4 Å². The molecular formula is C24H36O3Si. The Kier molecular flexibility index (Phi) is 7.49. The van der Waals surface area contributed by atoms with Gasteiger partial charge in [0.15, 0.2) is 8.32 Å². The molecule has 4 heteroatoms. The molecule has 2 aromatic rings. The monoisotopic (exact) mass is 400 g/mol. The van der Waals surface area contributed by atoms with Gasteiger partial charge >= 0.3 is 0 Å². The lowest BCUT2D eigenvalue weighted by molar-refractivity contribution is -0.0569. The molecular weight excluding hydrogens is 364 g/mol. The average Bonchev–Trinajstić information content (AvgIpc) is 2.64. The lowest BCUT2D eigenvalue weighted by Crippen LogP contribution is -2.40. The molecule has 0 aliphatic heterocycles. The van der Waals surface area contributed by atoms with Gasteiger partial charge in [-0.25, -0.2) is 0 Å². The minimum atomic E-state index is -1.76. The van der Waals surface area contributed by atoms with Gasteiger partial charge in [0, 0.05) is 0 Å². The second kappa shape index (κ2) is 9.25. The number of benzene rings is 2. The van der Waals surface area contributed by atoms with E-state index in [2.05, 4.69) is 72.0 Å². The van der Waals surface area contributed by atoms with Crippen LogP contribution in [0.5, 0.6) is 5.75 Å². The van der Waals surface area contributed by atoms with Crippen LogP contribution in [0.3, 0.4) is 0 Å². The van der Waals surface area contributed by atoms with E-state index in [-0.39, 0.29) is 10.6 Å². The summed E-state index contributed by atoms with van der Waals surface area (Å²) >= 11 is 0. The summed E-state index contributed by atoms with van der Waals surface area (Å²) in [5.41, 5.74) is 1.94. The summed E-state index contributed by atoms with van der Waals surface area (Å²) in [5.74, 6) is 0.854. The summed E-state index contributed by atoms with van der Waals surface area (Å²) in [6.45, 7) is 17.1. The van der Waals surface area contributed by atoms with Crippen LogP contribution in [0.1, 0.15) is 45.7 Å². The molecule has 0 unspecified atom stereocenters. The fourth-order valence-corrected chi connectivity index (χ4v) is 3.32. The minimum Gasteiger partial charge on any atom is -0.491 e. The minimum absolute atomic E-state index is 0.210. The van der Waals surface area contributed by atoms with E-state index in [9.17, 15) is 0 Å². The fraction of sp³-hybridized carbons (Fsp3) is 0.500. The lowest BCUT2D eigenvalue weighted by Gasteiger charge is -2.36. The average molecular weight is 401 g/mol. The number of rotatable bonds is 9. The number of ether oxygens (including phenoxy) is 2. The molecule has 154 valence electrons. The van der Waals surface area contributed by atoms with Gasteiger partial charge in [-0.1, -0.05) is 63.2 Å². The second-order valence-electron chi connectivity index (χ2n) is 9.52. The molecule has 0 saturated heterocycles. The molecule has 28 heavy (non-hydrogen) atoms. The molecule has 0 fully saturated rings. The first-order chi connectivity index (χ1) is 13.0. The van der Waals surface area contributed by atoms with E-state index in [1.165, 1.54) is 5.56 Å². The third-order valence-corrected chi connectivity index (χ3v) is 9.84. The van der Waals surface area contributed by atoms with Gasteiger partial charge in [0.05, 0.1) is 18.8 Å². The molecule has 0 atom stereocenters. The van der Waals surface area contributed by atoms with Crippen LogP contribution in [0.15, 0.2) is 54.6 Å². The van der Waals surface area contributed by atoms with Gasteiger partial charge in [0.1, 0.15) is 12.4 Å². The Bertz CT molecular complexity index is 733. The van der Waals surface area contributed by atoms with Crippen LogP contribution in [-0.4, -0.2) is 20.5 Å². The highest BCUT2D eigenvalue weighted by molar-refractivity contribution is 6.74. The predicted molar refractivity (Wildman–Crippen MR) is 119 cm³/mol. The second-order valence-corrected chi connectivity index (χ2v) is 14.3. The first-order valence-corrected chi connectivity index (χ1v) is 12.9. The molecule has 2 aromatic carbocycles. The predicted octanol–water partition coefficient (Wildman–Crippen LogP) is 6.58. The molecule has 2 rings (SSSR count). The smallest absolute Gasteiger partial charge is 0.192 e. The summed E-state index contributed by atoms with van der Waals surface area (Å²) in [6, 6.07) is 18.4. The van der Waals surface area contributed by atoms with Gasteiger partial charge in [-0.15, -0.1) is 0 Å². The molecule has 0 aromatic heterocycles. The Morgan fingerprint density at radius 3 is 2.07 bits per heavy atom. The molecule has 0 radical (unpaired) electrons. The van der Waals surface area contributed by atoms with Crippen molar-refractivity contribution >= 4 is 8.32 Å². The van der Waals surface area contributed by atoms with Crippen LogP contribution in [0.2, 0.25) is 18.1 Å². The topological polar surface area (TPSA) is 27.7 Å². The molecule has 3 nitrogen and oxygen atoms in total. The van der Waals surface area contributed by atoms with Crippen molar-refractivity contribution in [1.82, 2.24) is 0 Å². The van der Waals surface area contributed by atoms with Gasteiger partial charge in [0.25, 0.3) is 0 Å². The van der Waals surface area contributed by atoms with Crippen molar-refractivity contribution in [2.75, 3.05) is 6.61 Å². The highest BCUT2D eigenvalue weighted by atomic mass is 28.4. The molecule has 0 bridgehead atoms. The SMILES string of the molecule is CC(C)(COc1cccc(CO[Si](C)(C)C(C)(C)C)c1)OCc1ccccc1. The van der Waals surface area contributed by atoms with Crippen LogP contribution >= 0.6 is 0 Å².